The lowest BCUT2D eigenvalue weighted by atomic mass is 10.1. The summed E-state index contributed by atoms with van der Waals surface area (Å²) < 4.78 is 12.8. The number of nitrogens with two attached hydrogens (primary N) is 1. The number of carboxylic acid groups (broad SMARTS) is 1. The number of hydrogen-bond donors (Lipinski definition) is 2. The summed E-state index contributed by atoms with van der Waals surface area (Å²) in [5.74, 6) is 1.00. The molecular weight excluding hydrogens is 334 g/mol. The molecule has 1 aromatic heterocycles. The Balaban J connectivity index is 2.10. The fourth-order valence-corrected chi connectivity index (χ4v) is 2.92. The van der Waals surface area contributed by atoms with Gasteiger partial charge in [0, 0.05) is 18.7 Å². The number of aromatic nitrogens is 2. The minimum atomic E-state index is -0.947. The molecule has 2 aromatic carbocycles. The summed E-state index contributed by atoms with van der Waals surface area (Å²) >= 11 is 0. The van der Waals surface area contributed by atoms with Gasteiger partial charge in [0.15, 0.2) is 11.5 Å². The highest BCUT2D eigenvalue weighted by Crippen LogP contribution is 2.33. The van der Waals surface area contributed by atoms with Crippen molar-refractivity contribution in [1.29, 1.82) is 0 Å². The van der Waals surface area contributed by atoms with Gasteiger partial charge in [0.1, 0.15) is 5.82 Å². The van der Waals surface area contributed by atoms with Gasteiger partial charge in [-0.05, 0) is 24.6 Å². The molecule has 7 heteroatoms. The van der Waals surface area contributed by atoms with Gasteiger partial charge in [-0.2, -0.15) is 0 Å². The van der Waals surface area contributed by atoms with Crippen LogP contribution in [0.2, 0.25) is 0 Å². The normalized spacial score (nSPS) is 12.2. The Labute approximate surface area is 151 Å². The van der Waals surface area contributed by atoms with E-state index >= 15 is 0 Å². The maximum atomic E-state index is 11.0. The van der Waals surface area contributed by atoms with E-state index in [0.717, 1.165) is 22.4 Å². The predicted molar refractivity (Wildman–Crippen MR) is 97.9 cm³/mol. The average molecular weight is 355 g/mol. The van der Waals surface area contributed by atoms with Gasteiger partial charge in [0.2, 0.25) is 0 Å². The van der Waals surface area contributed by atoms with E-state index in [9.17, 15) is 4.79 Å². The van der Waals surface area contributed by atoms with E-state index in [-0.39, 0.29) is 11.6 Å². The van der Waals surface area contributed by atoms with Crippen LogP contribution in [-0.4, -0.2) is 34.8 Å². The van der Waals surface area contributed by atoms with Gasteiger partial charge in [-0.1, -0.05) is 12.1 Å². The molecule has 136 valence electrons. The van der Waals surface area contributed by atoms with Gasteiger partial charge < -0.3 is 24.9 Å². The van der Waals surface area contributed by atoms with Crippen molar-refractivity contribution in [1.82, 2.24) is 9.55 Å². The van der Waals surface area contributed by atoms with E-state index in [1.807, 2.05) is 23.6 Å². The first-order valence-corrected chi connectivity index (χ1v) is 8.14. The van der Waals surface area contributed by atoms with E-state index in [0.29, 0.717) is 18.0 Å². The fourth-order valence-electron chi connectivity index (χ4n) is 2.92. The number of hydrogen-bond acceptors (Lipinski definition) is 5. The van der Waals surface area contributed by atoms with Gasteiger partial charge in [0.25, 0.3) is 0 Å². The highest BCUT2D eigenvalue weighted by atomic mass is 16.5. The number of carbonyl (C=O) groups is 1. The number of aromatic carboxylic acids is 1. The quantitative estimate of drug-likeness (QED) is 0.705. The predicted octanol–water partition coefficient (Wildman–Crippen LogP) is 2.82. The molecule has 0 aliphatic heterocycles. The van der Waals surface area contributed by atoms with Crippen LogP contribution in [0.25, 0.3) is 11.0 Å². The number of fused-ring (bicyclic) bond motifs is 1. The number of methoxy groups -OCH3 is 2. The van der Waals surface area contributed by atoms with Crippen molar-refractivity contribution < 1.29 is 19.4 Å². The zero-order chi connectivity index (χ0) is 18.8. The average Bonchev–Trinajstić information content (AvgIpc) is 2.98. The van der Waals surface area contributed by atoms with Crippen molar-refractivity contribution in [3.8, 4) is 11.5 Å². The lowest BCUT2D eigenvalue weighted by Gasteiger charge is -2.13. The fraction of sp³-hybridized carbons (Fsp3) is 0.263. The summed E-state index contributed by atoms with van der Waals surface area (Å²) in [5, 5.41) is 9.04. The molecular formula is C19H21N3O4. The molecule has 0 saturated heterocycles. The minimum absolute atomic E-state index is 0.253. The molecule has 3 rings (SSSR count). The number of imidazole rings is 1. The second-order valence-electron chi connectivity index (χ2n) is 6.04. The zero-order valence-electron chi connectivity index (χ0n) is 14.9. The molecule has 3 N–H and O–H groups in total. The Hall–Kier alpha value is -3.06. The first-order valence-electron chi connectivity index (χ1n) is 8.14. The van der Waals surface area contributed by atoms with Crippen LogP contribution in [0.15, 0.2) is 36.4 Å². The largest absolute Gasteiger partial charge is 0.493 e. The molecule has 1 unspecified atom stereocenters. The van der Waals surface area contributed by atoms with Gasteiger partial charge in [0.05, 0.1) is 36.9 Å². The molecule has 0 bridgehead atoms. The summed E-state index contributed by atoms with van der Waals surface area (Å²) in [6, 6.07) is 10.2. The lowest BCUT2D eigenvalue weighted by Crippen LogP contribution is -2.14. The molecule has 7 nitrogen and oxygen atoms in total. The van der Waals surface area contributed by atoms with Crippen molar-refractivity contribution in [3.63, 3.8) is 0 Å². The van der Waals surface area contributed by atoms with Crippen LogP contribution in [0.3, 0.4) is 0 Å². The Morgan fingerprint density at radius 3 is 2.35 bits per heavy atom. The van der Waals surface area contributed by atoms with Crippen LogP contribution in [-0.2, 0) is 6.54 Å². The standard InChI is InChI=1S/C19H21N3O4/c1-11(20)18-21-14-8-16(25-2)17(26-3)9-15(14)22(18)10-12-4-6-13(7-5-12)19(23)24/h4-9,11H,10,20H2,1-3H3,(H,23,24). The second kappa shape index (κ2) is 7.05. The van der Waals surface area contributed by atoms with Crippen molar-refractivity contribution in [2.24, 2.45) is 5.73 Å². The van der Waals surface area contributed by atoms with E-state index in [2.05, 4.69) is 4.98 Å². The van der Waals surface area contributed by atoms with Crippen LogP contribution in [0.1, 0.15) is 34.7 Å². The number of rotatable bonds is 6. The first kappa shape index (κ1) is 17.8. The van der Waals surface area contributed by atoms with Crippen molar-refractivity contribution in [2.75, 3.05) is 14.2 Å². The first-order chi connectivity index (χ1) is 12.4. The Morgan fingerprint density at radius 2 is 1.81 bits per heavy atom. The molecule has 0 radical (unpaired) electrons. The van der Waals surface area contributed by atoms with E-state index in [4.69, 9.17) is 20.3 Å². The SMILES string of the molecule is COc1cc2nc(C(C)N)n(Cc3ccc(C(=O)O)cc3)c2cc1OC. The summed E-state index contributed by atoms with van der Waals surface area (Å²) in [7, 11) is 3.17. The van der Waals surface area contributed by atoms with Gasteiger partial charge in [-0.3, -0.25) is 0 Å². The molecule has 0 spiro atoms. The molecule has 0 aliphatic carbocycles. The number of benzene rings is 2. The van der Waals surface area contributed by atoms with Crippen LogP contribution in [0, 0.1) is 0 Å². The summed E-state index contributed by atoms with van der Waals surface area (Å²) in [5.41, 5.74) is 8.95. The monoisotopic (exact) mass is 355 g/mol. The van der Waals surface area contributed by atoms with E-state index < -0.39 is 5.97 Å². The number of ether oxygens (including phenoxy) is 2. The van der Waals surface area contributed by atoms with Gasteiger partial charge in [-0.15, -0.1) is 0 Å². The molecule has 26 heavy (non-hydrogen) atoms. The molecule has 0 amide bonds. The summed E-state index contributed by atoms with van der Waals surface area (Å²) in [4.78, 5) is 15.7. The van der Waals surface area contributed by atoms with Crippen molar-refractivity contribution >= 4 is 17.0 Å². The smallest absolute Gasteiger partial charge is 0.335 e. The topological polar surface area (TPSA) is 99.6 Å². The van der Waals surface area contributed by atoms with Gasteiger partial charge >= 0.3 is 5.97 Å². The highest BCUT2D eigenvalue weighted by molar-refractivity contribution is 5.87. The molecule has 1 heterocycles. The molecule has 0 fully saturated rings. The zero-order valence-corrected chi connectivity index (χ0v) is 14.9. The van der Waals surface area contributed by atoms with Crippen LogP contribution in [0.5, 0.6) is 11.5 Å². The Kier molecular flexibility index (Phi) is 4.81. The third-order valence-electron chi connectivity index (χ3n) is 4.23. The summed E-state index contributed by atoms with van der Waals surface area (Å²) in [6.07, 6.45) is 0. The van der Waals surface area contributed by atoms with Crippen LogP contribution < -0.4 is 15.2 Å². The molecule has 1 atom stereocenters. The number of carboxylic acids is 1. The van der Waals surface area contributed by atoms with Crippen LogP contribution >= 0.6 is 0 Å². The minimum Gasteiger partial charge on any atom is -0.493 e. The molecule has 0 saturated carbocycles. The van der Waals surface area contributed by atoms with E-state index in [1.54, 1.807) is 38.5 Å². The van der Waals surface area contributed by atoms with Crippen molar-refractivity contribution in [3.05, 3.63) is 53.3 Å². The molecule has 0 aliphatic rings. The molecule has 3 aromatic rings. The maximum absolute atomic E-state index is 11.0. The Morgan fingerprint density at radius 1 is 1.19 bits per heavy atom. The second-order valence-corrected chi connectivity index (χ2v) is 6.04. The van der Waals surface area contributed by atoms with Crippen LogP contribution in [0.4, 0.5) is 0 Å². The maximum Gasteiger partial charge on any atom is 0.335 e. The lowest BCUT2D eigenvalue weighted by molar-refractivity contribution is 0.0697. The van der Waals surface area contributed by atoms with Gasteiger partial charge in [-0.25, -0.2) is 9.78 Å². The van der Waals surface area contributed by atoms with Crippen molar-refractivity contribution in [2.45, 2.75) is 19.5 Å². The Bertz CT molecular complexity index is 946. The highest BCUT2D eigenvalue weighted by Gasteiger charge is 2.17. The third-order valence-corrected chi connectivity index (χ3v) is 4.23. The third kappa shape index (κ3) is 3.21. The van der Waals surface area contributed by atoms with E-state index in [1.165, 1.54) is 0 Å². The number of nitrogens with zero attached hydrogens (tertiary/aromatic N) is 2. The summed E-state index contributed by atoms with van der Waals surface area (Å²) in [6.45, 7) is 2.39.